The molecular weight excluding hydrogens is 238 g/mol. The number of hydrogen-bond acceptors (Lipinski definition) is 3. The quantitative estimate of drug-likeness (QED) is 0.851. The summed E-state index contributed by atoms with van der Waals surface area (Å²) in [6.45, 7) is 3.62. The smallest absolute Gasteiger partial charge is 0.199 e. The normalized spacial score (nSPS) is 12.0. The van der Waals surface area contributed by atoms with E-state index in [0.717, 1.165) is 5.39 Å². The van der Waals surface area contributed by atoms with Crippen LogP contribution in [0.5, 0.6) is 0 Å². The number of nitrogens with two attached hydrogens (primary N) is 1. The first-order valence-electron chi connectivity index (χ1n) is 5.36. The number of hydrogen-bond donors (Lipinski definition) is 1. The molecule has 0 bridgehead atoms. The highest BCUT2D eigenvalue weighted by Gasteiger charge is 2.20. The van der Waals surface area contributed by atoms with Crippen LogP contribution in [0, 0.1) is 0 Å². The fourth-order valence-corrected chi connectivity index (χ4v) is 1.83. The van der Waals surface area contributed by atoms with E-state index in [1.165, 1.54) is 0 Å². The van der Waals surface area contributed by atoms with Crippen LogP contribution < -0.4 is 5.73 Å². The molecule has 2 N–H and O–H groups in total. The molecule has 0 saturated heterocycles. The van der Waals surface area contributed by atoms with E-state index in [0.29, 0.717) is 16.4 Å². The molecule has 2 aromatic rings. The molecule has 0 saturated carbocycles. The largest absolute Gasteiger partial charge is 0.453 e. The summed E-state index contributed by atoms with van der Waals surface area (Å²) < 4.78 is 5.47. The minimum Gasteiger partial charge on any atom is -0.453 e. The molecule has 0 amide bonds. The molecule has 0 aliphatic rings. The van der Waals surface area contributed by atoms with Gasteiger partial charge in [-0.3, -0.25) is 4.79 Å². The maximum absolute atomic E-state index is 11.9. The Hall–Kier alpha value is -1.32. The van der Waals surface area contributed by atoms with Crippen molar-refractivity contribution in [2.75, 3.05) is 0 Å². The molecule has 90 valence electrons. The molecule has 17 heavy (non-hydrogen) atoms. The van der Waals surface area contributed by atoms with Crippen LogP contribution in [0.4, 0.5) is 0 Å². The minimum absolute atomic E-state index is 0.0928. The second-order valence-corrected chi connectivity index (χ2v) is 5.32. The van der Waals surface area contributed by atoms with Gasteiger partial charge in [0.05, 0.1) is 0 Å². The zero-order chi connectivity index (χ0) is 12.6. The summed E-state index contributed by atoms with van der Waals surface area (Å²) >= 11 is 5.87. The number of carbonyl (C=O) groups excluding carboxylic acids is 1. The number of ketones is 1. The Bertz CT molecular complexity index is 566. The zero-order valence-corrected chi connectivity index (χ0v) is 10.5. The second kappa shape index (κ2) is 4.17. The van der Waals surface area contributed by atoms with Crippen molar-refractivity contribution in [1.82, 2.24) is 0 Å². The number of furan rings is 1. The number of Topliss-reactive ketones (excluding diaryl/α,β-unsaturated/α-hetero) is 1. The zero-order valence-electron chi connectivity index (χ0n) is 9.79. The third-order valence-electron chi connectivity index (χ3n) is 2.37. The summed E-state index contributed by atoms with van der Waals surface area (Å²) in [5.74, 6) is 0.241. The molecule has 0 atom stereocenters. The summed E-state index contributed by atoms with van der Waals surface area (Å²) in [5, 5.41) is 1.45. The molecule has 0 aliphatic carbocycles. The van der Waals surface area contributed by atoms with Crippen molar-refractivity contribution in [3.63, 3.8) is 0 Å². The maximum Gasteiger partial charge on any atom is 0.199 e. The van der Waals surface area contributed by atoms with Crippen LogP contribution in [0.25, 0.3) is 11.0 Å². The third-order valence-corrected chi connectivity index (χ3v) is 2.60. The summed E-state index contributed by atoms with van der Waals surface area (Å²) in [6.07, 6.45) is 0.251. The van der Waals surface area contributed by atoms with Gasteiger partial charge in [-0.05, 0) is 38.1 Å². The van der Waals surface area contributed by atoms with Gasteiger partial charge in [-0.15, -0.1) is 0 Å². The lowest BCUT2D eigenvalue weighted by Crippen LogP contribution is -2.34. The lowest BCUT2D eigenvalue weighted by molar-refractivity contribution is 0.0935. The number of fused-ring (bicyclic) bond motifs is 1. The summed E-state index contributed by atoms with van der Waals surface area (Å²) in [4.78, 5) is 11.9. The lowest BCUT2D eigenvalue weighted by atomic mass is 9.98. The van der Waals surface area contributed by atoms with Crippen molar-refractivity contribution in [3.05, 3.63) is 35.0 Å². The molecule has 0 spiro atoms. The van der Waals surface area contributed by atoms with E-state index in [1.54, 1.807) is 24.3 Å². The highest BCUT2D eigenvalue weighted by atomic mass is 35.5. The van der Waals surface area contributed by atoms with Gasteiger partial charge >= 0.3 is 0 Å². The highest BCUT2D eigenvalue weighted by Crippen LogP contribution is 2.24. The third kappa shape index (κ3) is 2.87. The Morgan fingerprint density at radius 1 is 1.41 bits per heavy atom. The Morgan fingerprint density at radius 2 is 2.12 bits per heavy atom. The summed E-state index contributed by atoms with van der Waals surface area (Å²) in [6, 6.07) is 6.95. The van der Waals surface area contributed by atoms with Crippen molar-refractivity contribution in [3.8, 4) is 0 Å². The van der Waals surface area contributed by atoms with Crippen LogP contribution in [-0.4, -0.2) is 11.3 Å². The molecule has 3 nitrogen and oxygen atoms in total. The molecule has 1 aromatic carbocycles. The lowest BCUT2D eigenvalue weighted by Gasteiger charge is -2.15. The van der Waals surface area contributed by atoms with Crippen LogP contribution in [0.3, 0.4) is 0 Å². The molecule has 4 heteroatoms. The Morgan fingerprint density at radius 3 is 2.76 bits per heavy atom. The van der Waals surface area contributed by atoms with E-state index < -0.39 is 5.54 Å². The van der Waals surface area contributed by atoms with E-state index in [4.69, 9.17) is 21.8 Å². The summed E-state index contributed by atoms with van der Waals surface area (Å²) in [5.41, 5.74) is 5.93. The van der Waals surface area contributed by atoms with Gasteiger partial charge in [0.15, 0.2) is 11.5 Å². The first-order chi connectivity index (χ1) is 7.85. The fraction of sp³-hybridized carbons (Fsp3) is 0.308. The number of benzene rings is 1. The van der Waals surface area contributed by atoms with Crippen LogP contribution in [0.2, 0.25) is 5.02 Å². The molecule has 0 aliphatic heterocycles. The standard InChI is InChI=1S/C13H14ClNO2/c1-13(2,15)7-10(16)12-6-8-5-9(14)3-4-11(8)17-12/h3-6H,7,15H2,1-2H3. The van der Waals surface area contributed by atoms with E-state index in [-0.39, 0.29) is 12.2 Å². The van der Waals surface area contributed by atoms with Crippen LogP contribution in [0.1, 0.15) is 30.8 Å². The molecule has 2 rings (SSSR count). The maximum atomic E-state index is 11.9. The predicted octanol–water partition coefficient (Wildman–Crippen LogP) is 3.40. The topological polar surface area (TPSA) is 56.2 Å². The molecule has 0 fully saturated rings. The molecule has 1 aromatic heterocycles. The van der Waals surface area contributed by atoms with Crippen molar-refractivity contribution in [2.24, 2.45) is 5.73 Å². The summed E-state index contributed by atoms with van der Waals surface area (Å²) in [7, 11) is 0. The van der Waals surface area contributed by atoms with Gasteiger partial charge in [0.2, 0.25) is 0 Å². The van der Waals surface area contributed by atoms with Gasteiger partial charge in [0, 0.05) is 22.4 Å². The van der Waals surface area contributed by atoms with Gasteiger partial charge in [-0.2, -0.15) is 0 Å². The number of rotatable bonds is 3. The van der Waals surface area contributed by atoms with Crippen LogP contribution >= 0.6 is 11.6 Å². The Balaban J connectivity index is 2.33. The SMILES string of the molecule is CC(C)(N)CC(=O)c1cc2cc(Cl)ccc2o1. The van der Waals surface area contributed by atoms with Crippen molar-refractivity contribution < 1.29 is 9.21 Å². The molecule has 0 radical (unpaired) electrons. The van der Waals surface area contributed by atoms with Crippen LogP contribution in [-0.2, 0) is 0 Å². The first kappa shape index (κ1) is 12.1. The second-order valence-electron chi connectivity index (χ2n) is 4.88. The van der Waals surface area contributed by atoms with E-state index >= 15 is 0 Å². The van der Waals surface area contributed by atoms with E-state index in [2.05, 4.69) is 0 Å². The van der Waals surface area contributed by atoms with Crippen molar-refractivity contribution in [2.45, 2.75) is 25.8 Å². The highest BCUT2D eigenvalue weighted by molar-refractivity contribution is 6.31. The predicted molar refractivity (Wildman–Crippen MR) is 68.4 cm³/mol. The Labute approximate surface area is 105 Å². The van der Waals surface area contributed by atoms with Gasteiger partial charge in [-0.25, -0.2) is 0 Å². The van der Waals surface area contributed by atoms with E-state index in [9.17, 15) is 4.79 Å². The van der Waals surface area contributed by atoms with Crippen LogP contribution in [0.15, 0.2) is 28.7 Å². The first-order valence-corrected chi connectivity index (χ1v) is 5.74. The minimum atomic E-state index is -0.534. The van der Waals surface area contributed by atoms with E-state index in [1.807, 2.05) is 13.8 Å². The average molecular weight is 252 g/mol. The number of carbonyl (C=O) groups is 1. The van der Waals surface area contributed by atoms with Gasteiger partial charge < -0.3 is 10.2 Å². The average Bonchev–Trinajstić information content (AvgIpc) is 2.57. The molecular formula is C13H14ClNO2. The fourth-order valence-electron chi connectivity index (χ4n) is 1.65. The Kier molecular flexibility index (Phi) is 2.98. The number of halogens is 1. The van der Waals surface area contributed by atoms with Crippen molar-refractivity contribution >= 4 is 28.4 Å². The van der Waals surface area contributed by atoms with Gasteiger partial charge in [0.1, 0.15) is 5.58 Å². The van der Waals surface area contributed by atoms with Gasteiger partial charge in [0.25, 0.3) is 0 Å². The molecule has 1 heterocycles. The monoisotopic (exact) mass is 251 g/mol. The van der Waals surface area contributed by atoms with Crippen molar-refractivity contribution in [1.29, 1.82) is 0 Å². The molecule has 0 unspecified atom stereocenters. The van der Waals surface area contributed by atoms with Gasteiger partial charge in [-0.1, -0.05) is 11.6 Å².